The number of carbonyl (C=O) groups is 2. The normalized spacial score (nSPS) is 12.1. The Bertz CT molecular complexity index is 471. The van der Waals surface area contributed by atoms with Gasteiger partial charge in [0.25, 0.3) is 0 Å². The molecule has 0 bridgehead atoms. The summed E-state index contributed by atoms with van der Waals surface area (Å²) in [4.78, 5) is 21.3. The molecule has 0 aliphatic heterocycles. The smallest absolute Gasteiger partial charge is 0.320 e. The van der Waals surface area contributed by atoms with Crippen LogP contribution in [0, 0.1) is 6.92 Å². The third-order valence-corrected chi connectivity index (χ3v) is 2.96. The zero-order valence-electron chi connectivity index (χ0n) is 10.9. The lowest BCUT2D eigenvalue weighted by atomic mass is 9.95. The van der Waals surface area contributed by atoms with Crippen LogP contribution in [0.4, 0.5) is 0 Å². The number of nitrogens with two attached hydrogens (primary N) is 1. The molecule has 1 atom stereocenters. The molecule has 0 heterocycles. The summed E-state index contributed by atoms with van der Waals surface area (Å²) >= 11 is 0. The van der Waals surface area contributed by atoms with Gasteiger partial charge in [-0.2, -0.15) is 0 Å². The van der Waals surface area contributed by atoms with Gasteiger partial charge in [-0.25, -0.2) is 0 Å². The van der Waals surface area contributed by atoms with Gasteiger partial charge in [0.2, 0.25) is 0 Å². The van der Waals surface area contributed by atoms with E-state index >= 15 is 0 Å². The largest absolute Gasteiger partial charge is 0.481 e. The molecule has 0 amide bonds. The molecule has 104 valence electrons. The SMILES string of the molecule is Cc1ccc(CCCC(=O)O)c(CC(N)C(=O)O)c1. The molecule has 4 N–H and O–H groups in total. The predicted molar refractivity (Wildman–Crippen MR) is 71.1 cm³/mol. The van der Waals surface area contributed by atoms with Crippen LogP contribution in [0.15, 0.2) is 18.2 Å². The van der Waals surface area contributed by atoms with Crippen LogP contribution in [0.5, 0.6) is 0 Å². The quantitative estimate of drug-likeness (QED) is 0.691. The van der Waals surface area contributed by atoms with E-state index in [-0.39, 0.29) is 12.8 Å². The van der Waals surface area contributed by atoms with Crippen molar-refractivity contribution < 1.29 is 19.8 Å². The van der Waals surface area contributed by atoms with E-state index in [0.29, 0.717) is 12.8 Å². The summed E-state index contributed by atoms with van der Waals surface area (Å²) < 4.78 is 0. The van der Waals surface area contributed by atoms with Gasteiger partial charge in [-0.1, -0.05) is 23.8 Å². The van der Waals surface area contributed by atoms with Gasteiger partial charge in [-0.3, -0.25) is 9.59 Å². The second-order valence-electron chi connectivity index (χ2n) is 4.67. The second kappa shape index (κ2) is 6.89. The van der Waals surface area contributed by atoms with Crippen molar-refractivity contribution in [2.24, 2.45) is 5.73 Å². The Morgan fingerprint density at radius 3 is 2.53 bits per heavy atom. The Labute approximate surface area is 112 Å². The highest BCUT2D eigenvalue weighted by molar-refractivity contribution is 5.73. The first-order valence-electron chi connectivity index (χ1n) is 6.18. The summed E-state index contributed by atoms with van der Waals surface area (Å²) in [5, 5.41) is 17.5. The first-order chi connectivity index (χ1) is 8.90. The lowest BCUT2D eigenvalue weighted by Crippen LogP contribution is -2.32. The van der Waals surface area contributed by atoms with E-state index in [1.807, 2.05) is 25.1 Å². The molecular formula is C14H19NO4. The minimum atomic E-state index is -1.03. The number of carboxylic acids is 2. The summed E-state index contributed by atoms with van der Waals surface area (Å²) in [6.07, 6.45) is 1.53. The van der Waals surface area contributed by atoms with Crippen molar-refractivity contribution in [3.8, 4) is 0 Å². The van der Waals surface area contributed by atoms with Gasteiger partial charge in [0.1, 0.15) is 6.04 Å². The highest BCUT2D eigenvalue weighted by atomic mass is 16.4. The van der Waals surface area contributed by atoms with Gasteiger partial charge >= 0.3 is 11.9 Å². The van der Waals surface area contributed by atoms with Crippen LogP contribution in [-0.4, -0.2) is 28.2 Å². The molecule has 0 aliphatic rings. The maximum absolute atomic E-state index is 10.8. The zero-order chi connectivity index (χ0) is 14.4. The molecule has 0 saturated carbocycles. The topological polar surface area (TPSA) is 101 Å². The lowest BCUT2D eigenvalue weighted by Gasteiger charge is -2.13. The Morgan fingerprint density at radius 1 is 1.26 bits per heavy atom. The molecule has 0 aromatic heterocycles. The predicted octanol–water partition coefficient (Wildman–Crippen LogP) is 1.36. The summed E-state index contributed by atoms with van der Waals surface area (Å²) in [7, 11) is 0. The molecule has 19 heavy (non-hydrogen) atoms. The van der Waals surface area contributed by atoms with E-state index in [4.69, 9.17) is 15.9 Å². The summed E-state index contributed by atoms with van der Waals surface area (Å²) in [6, 6.07) is 4.84. The molecule has 0 aliphatic carbocycles. The first-order valence-corrected chi connectivity index (χ1v) is 6.18. The van der Waals surface area contributed by atoms with E-state index in [1.165, 1.54) is 0 Å². The molecule has 5 nitrogen and oxygen atoms in total. The molecule has 5 heteroatoms. The lowest BCUT2D eigenvalue weighted by molar-refractivity contribution is -0.138. The summed E-state index contributed by atoms with van der Waals surface area (Å²) in [5.41, 5.74) is 8.45. The van der Waals surface area contributed by atoms with Crippen LogP contribution < -0.4 is 5.73 Å². The van der Waals surface area contributed by atoms with Crippen molar-refractivity contribution in [3.63, 3.8) is 0 Å². The maximum atomic E-state index is 10.8. The molecule has 1 rings (SSSR count). The maximum Gasteiger partial charge on any atom is 0.320 e. The summed E-state index contributed by atoms with van der Waals surface area (Å²) in [6.45, 7) is 1.93. The van der Waals surface area contributed by atoms with Gasteiger partial charge in [0, 0.05) is 6.42 Å². The van der Waals surface area contributed by atoms with Crippen molar-refractivity contribution in [3.05, 3.63) is 34.9 Å². The fraction of sp³-hybridized carbons (Fsp3) is 0.429. The van der Waals surface area contributed by atoms with Gasteiger partial charge in [-0.05, 0) is 37.3 Å². The number of hydrogen-bond donors (Lipinski definition) is 3. The number of hydrogen-bond acceptors (Lipinski definition) is 3. The van der Waals surface area contributed by atoms with Gasteiger partial charge < -0.3 is 15.9 Å². The van der Waals surface area contributed by atoms with Crippen LogP contribution in [0.3, 0.4) is 0 Å². The van der Waals surface area contributed by atoms with Gasteiger partial charge in [0.05, 0.1) is 0 Å². The highest BCUT2D eigenvalue weighted by Crippen LogP contribution is 2.16. The fourth-order valence-corrected chi connectivity index (χ4v) is 1.94. The fourth-order valence-electron chi connectivity index (χ4n) is 1.94. The highest BCUT2D eigenvalue weighted by Gasteiger charge is 2.14. The third kappa shape index (κ3) is 5.09. The van der Waals surface area contributed by atoms with Crippen molar-refractivity contribution in [2.45, 2.75) is 38.6 Å². The minimum Gasteiger partial charge on any atom is -0.481 e. The van der Waals surface area contributed by atoms with Gasteiger partial charge in [-0.15, -0.1) is 0 Å². The molecule has 1 aromatic rings. The van der Waals surface area contributed by atoms with E-state index in [1.54, 1.807) is 0 Å². The molecule has 0 saturated heterocycles. The molecular weight excluding hydrogens is 246 g/mol. The Morgan fingerprint density at radius 2 is 1.95 bits per heavy atom. The monoisotopic (exact) mass is 265 g/mol. The number of benzene rings is 1. The number of aliphatic carboxylic acids is 2. The molecule has 0 fully saturated rings. The Balaban J connectivity index is 2.79. The van der Waals surface area contributed by atoms with Crippen LogP contribution >= 0.6 is 0 Å². The molecule has 1 unspecified atom stereocenters. The van der Waals surface area contributed by atoms with E-state index in [0.717, 1.165) is 16.7 Å². The molecule has 0 spiro atoms. The number of rotatable bonds is 7. The number of aryl methyl sites for hydroxylation is 2. The molecule has 0 radical (unpaired) electrons. The van der Waals surface area contributed by atoms with Crippen LogP contribution in [0.25, 0.3) is 0 Å². The Kier molecular flexibility index (Phi) is 5.51. The molecule has 1 aromatic carbocycles. The van der Waals surface area contributed by atoms with E-state index in [9.17, 15) is 9.59 Å². The van der Waals surface area contributed by atoms with Crippen LogP contribution in [-0.2, 0) is 22.4 Å². The van der Waals surface area contributed by atoms with Crippen molar-refractivity contribution >= 4 is 11.9 Å². The average Bonchev–Trinajstić information content (AvgIpc) is 2.31. The number of carboxylic acid groups (broad SMARTS) is 2. The van der Waals surface area contributed by atoms with Crippen molar-refractivity contribution in [1.29, 1.82) is 0 Å². The first kappa shape index (κ1) is 15.2. The van der Waals surface area contributed by atoms with Crippen molar-refractivity contribution in [2.75, 3.05) is 0 Å². The van der Waals surface area contributed by atoms with Crippen LogP contribution in [0.2, 0.25) is 0 Å². The second-order valence-corrected chi connectivity index (χ2v) is 4.67. The average molecular weight is 265 g/mol. The summed E-state index contributed by atoms with van der Waals surface area (Å²) in [5.74, 6) is -1.85. The standard InChI is InChI=1S/C14H19NO4/c1-9-5-6-10(3-2-4-13(16)17)11(7-9)8-12(15)14(18)19/h5-7,12H,2-4,8,15H2,1H3,(H,16,17)(H,18,19). The minimum absolute atomic E-state index is 0.109. The third-order valence-electron chi connectivity index (χ3n) is 2.96. The van der Waals surface area contributed by atoms with Crippen LogP contribution in [0.1, 0.15) is 29.5 Å². The van der Waals surface area contributed by atoms with E-state index in [2.05, 4.69) is 0 Å². The Hall–Kier alpha value is -1.88. The van der Waals surface area contributed by atoms with Gasteiger partial charge in [0.15, 0.2) is 0 Å². The van der Waals surface area contributed by atoms with Crippen molar-refractivity contribution in [1.82, 2.24) is 0 Å². The zero-order valence-corrected chi connectivity index (χ0v) is 10.9. The van der Waals surface area contributed by atoms with E-state index < -0.39 is 18.0 Å².